The standard InChI is InChI=1S/C15H20ClN3O2/c16-13-4-2-1-3-12(13)9-18-14(20)10-19-7-5-11(6-8-19)15(17)21/h1-4,11H,5-10H2,(H2,17,21)(H,18,20)/p+1. The molecule has 0 spiro atoms. The fraction of sp³-hybridized carbons (Fsp3) is 0.467. The van der Waals surface area contributed by atoms with Crippen molar-refractivity contribution in [2.24, 2.45) is 11.7 Å². The second kappa shape index (κ2) is 7.43. The minimum atomic E-state index is -0.225. The molecule has 0 saturated carbocycles. The van der Waals surface area contributed by atoms with Crippen molar-refractivity contribution >= 4 is 23.4 Å². The highest BCUT2D eigenvalue weighted by molar-refractivity contribution is 6.31. The van der Waals surface area contributed by atoms with Gasteiger partial charge < -0.3 is 16.0 Å². The molecule has 1 fully saturated rings. The first-order valence-corrected chi connectivity index (χ1v) is 7.57. The molecule has 1 heterocycles. The Morgan fingerprint density at radius 2 is 1.95 bits per heavy atom. The molecule has 0 aliphatic carbocycles. The summed E-state index contributed by atoms with van der Waals surface area (Å²) < 4.78 is 0. The Morgan fingerprint density at radius 3 is 2.57 bits per heavy atom. The number of primary amides is 1. The fourth-order valence-electron chi connectivity index (χ4n) is 2.61. The highest BCUT2D eigenvalue weighted by Gasteiger charge is 2.26. The number of likely N-dealkylation sites (tertiary alicyclic amines) is 1. The van der Waals surface area contributed by atoms with Crippen LogP contribution < -0.4 is 16.0 Å². The SMILES string of the molecule is NC(=O)C1CC[NH+](CC(=O)NCc2ccccc2Cl)CC1. The van der Waals surface area contributed by atoms with Crippen LogP contribution in [0.2, 0.25) is 5.02 Å². The maximum absolute atomic E-state index is 11.9. The molecule has 1 aromatic carbocycles. The van der Waals surface area contributed by atoms with E-state index in [4.69, 9.17) is 17.3 Å². The Bertz CT molecular complexity index is 513. The van der Waals surface area contributed by atoms with E-state index in [1.165, 1.54) is 4.90 Å². The van der Waals surface area contributed by atoms with E-state index in [2.05, 4.69) is 5.32 Å². The third-order valence-corrected chi connectivity index (χ3v) is 4.31. The number of nitrogens with one attached hydrogen (secondary N) is 2. The molecule has 1 aromatic rings. The van der Waals surface area contributed by atoms with Gasteiger partial charge in [0.25, 0.3) is 5.91 Å². The fourth-order valence-corrected chi connectivity index (χ4v) is 2.82. The molecule has 2 rings (SSSR count). The Balaban J connectivity index is 1.73. The number of rotatable bonds is 5. The number of piperidine rings is 1. The average molecular weight is 311 g/mol. The van der Waals surface area contributed by atoms with E-state index in [0.717, 1.165) is 31.5 Å². The number of amides is 2. The molecular weight excluding hydrogens is 290 g/mol. The van der Waals surface area contributed by atoms with E-state index >= 15 is 0 Å². The molecule has 114 valence electrons. The predicted molar refractivity (Wildman–Crippen MR) is 80.8 cm³/mol. The number of benzene rings is 1. The van der Waals surface area contributed by atoms with Crippen LogP contribution in [0.15, 0.2) is 24.3 Å². The van der Waals surface area contributed by atoms with E-state index in [9.17, 15) is 9.59 Å². The van der Waals surface area contributed by atoms with Gasteiger partial charge in [-0.15, -0.1) is 0 Å². The molecule has 1 saturated heterocycles. The van der Waals surface area contributed by atoms with Crippen molar-refractivity contribution in [3.63, 3.8) is 0 Å². The lowest BCUT2D eigenvalue weighted by atomic mass is 9.96. The Hall–Kier alpha value is -1.59. The minimum Gasteiger partial charge on any atom is -0.369 e. The smallest absolute Gasteiger partial charge is 0.275 e. The van der Waals surface area contributed by atoms with Gasteiger partial charge in [0.2, 0.25) is 5.91 Å². The first-order chi connectivity index (χ1) is 10.1. The van der Waals surface area contributed by atoms with Crippen LogP contribution in [0, 0.1) is 5.92 Å². The zero-order valence-electron chi connectivity index (χ0n) is 11.9. The number of quaternary nitrogens is 1. The van der Waals surface area contributed by atoms with Crippen LogP contribution in [0.3, 0.4) is 0 Å². The van der Waals surface area contributed by atoms with Crippen molar-refractivity contribution in [2.75, 3.05) is 19.6 Å². The van der Waals surface area contributed by atoms with Crippen LogP contribution in [0.25, 0.3) is 0 Å². The van der Waals surface area contributed by atoms with Crippen LogP contribution in [0.4, 0.5) is 0 Å². The molecule has 0 unspecified atom stereocenters. The molecule has 1 aliphatic rings. The van der Waals surface area contributed by atoms with E-state index in [1.807, 2.05) is 24.3 Å². The summed E-state index contributed by atoms with van der Waals surface area (Å²) >= 11 is 6.04. The van der Waals surface area contributed by atoms with Crippen LogP contribution in [0.5, 0.6) is 0 Å². The van der Waals surface area contributed by atoms with Gasteiger partial charge in [0, 0.05) is 30.3 Å². The summed E-state index contributed by atoms with van der Waals surface area (Å²) in [4.78, 5) is 24.2. The molecule has 0 aromatic heterocycles. The van der Waals surface area contributed by atoms with Gasteiger partial charge in [0.15, 0.2) is 6.54 Å². The van der Waals surface area contributed by atoms with Gasteiger partial charge in [-0.2, -0.15) is 0 Å². The zero-order valence-corrected chi connectivity index (χ0v) is 12.7. The summed E-state index contributed by atoms with van der Waals surface area (Å²) in [5, 5.41) is 3.54. The van der Waals surface area contributed by atoms with E-state index in [-0.39, 0.29) is 17.7 Å². The van der Waals surface area contributed by atoms with E-state index in [0.29, 0.717) is 18.1 Å². The molecule has 5 nitrogen and oxygen atoms in total. The molecule has 2 amide bonds. The molecule has 0 radical (unpaired) electrons. The van der Waals surface area contributed by atoms with E-state index < -0.39 is 0 Å². The van der Waals surface area contributed by atoms with Crippen LogP contribution in [0.1, 0.15) is 18.4 Å². The average Bonchev–Trinajstić information content (AvgIpc) is 2.47. The lowest BCUT2D eigenvalue weighted by Crippen LogP contribution is -3.14. The van der Waals surface area contributed by atoms with Gasteiger partial charge in [-0.1, -0.05) is 29.8 Å². The largest absolute Gasteiger partial charge is 0.369 e. The molecule has 4 N–H and O–H groups in total. The van der Waals surface area contributed by atoms with Crippen LogP contribution >= 0.6 is 11.6 Å². The predicted octanol–water partition coefficient (Wildman–Crippen LogP) is -0.264. The monoisotopic (exact) mass is 310 g/mol. The second-order valence-electron chi connectivity index (χ2n) is 5.47. The summed E-state index contributed by atoms with van der Waals surface area (Å²) in [6, 6.07) is 7.46. The Morgan fingerprint density at radius 1 is 1.29 bits per heavy atom. The van der Waals surface area contributed by atoms with Crippen molar-refractivity contribution in [3.05, 3.63) is 34.9 Å². The number of halogens is 1. The highest BCUT2D eigenvalue weighted by Crippen LogP contribution is 2.14. The van der Waals surface area contributed by atoms with Crippen molar-refractivity contribution < 1.29 is 14.5 Å². The summed E-state index contributed by atoms with van der Waals surface area (Å²) in [6.07, 6.45) is 1.53. The summed E-state index contributed by atoms with van der Waals surface area (Å²) in [7, 11) is 0. The molecular formula is C15H21ClN3O2+. The Kier molecular flexibility index (Phi) is 5.59. The lowest BCUT2D eigenvalue weighted by Gasteiger charge is -2.27. The number of hydrogen-bond donors (Lipinski definition) is 3. The molecule has 0 bridgehead atoms. The number of carbonyl (C=O) groups excluding carboxylic acids is 2. The number of carbonyl (C=O) groups is 2. The van der Waals surface area contributed by atoms with Crippen molar-refractivity contribution in [2.45, 2.75) is 19.4 Å². The maximum atomic E-state index is 11.9. The second-order valence-corrected chi connectivity index (χ2v) is 5.88. The zero-order chi connectivity index (χ0) is 15.2. The number of hydrogen-bond acceptors (Lipinski definition) is 2. The minimum absolute atomic E-state index is 0.00226. The van der Waals surface area contributed by atoms with E-state index in [1.54, 1.807) is 0 Å². The third kappa shape index (κ3) is 4.72. The van der Waals surface area contributed by atoms with Crippen LogP contribution in [-0.4, -0.2) is 31.4 Å². The summed E-state index contributed by atoms with van der Waals surface area (Å²) in [5.41, 5.74) is 6.21. The molecule has 21 heavy (non-hydrogen) atoms. The Labute approximate surface area is 129 Å². The van der Waals surface area contributed by atoms with Gasteiger partial charge >= 0.3 is 0 Å². The normalized spacial score (nSPS) is 21.8. The van der Waals surface area contributed by atoms with Crippen LogP contribution in [-0.2, 0) is 16.1 Å². The highest BCUT2D eigenvalue weighted by atomic mass is 35.5. The molecule has 0 atom stereocenters. The van der Waals surface area contributed by atoms with Crippen molar-refractivity contribution in [1.82, 2.24) is 5.32 Å². The van der Waals surface area contributed by atoms with Crippen molar-refractivity contribution in [1.29, 1.82) is 0 Å². The quantitative estimate of drug-likeness (QED) is 0.700. The lowest BCUT2D eigenvalue weighted by molar-refractivity contribution is -0.897. The van der Waals surface area contributed by atoms with Gasteiger partial charge in [0.1, 0.15) is 0 Å². The summed E-state index contributed by atoms with van der Waals surface area (Å²) in [6.45, 7) is 2.49. The van der Waals surface area contributed by atoms with Gasteiger partial charge in [0.05, 0.1) is 13.1 Å². The van der Waals surface area contributed by atoms with Crippen molar-refractivity contribution in [3.8, 4) is 0 Å². The summed E-state index contributed by atoms with van der Waals surface area (Å²) in [5.74, 6) is -0.250. The molecule has 1 aliphatic heterocycles. The maximum Gasteiger partial charge on any atom is 0.275 e. The number of nitrogens with two attached hydrogens (primary N) is 1. The van der Waals surface area contributed by atoms with Gasteiger partial charge in [-0.3, -0.25) is 9.59 Å². The first-order valence-electron chi connectivity index (χ1n) is 7.19. The third-order valence-electron chi connectivity index (χ3n) is 3.94. The van der Waals surface area contributed by atoms with Gasteiger partial charge in [-0.25, -0.2) is 0 Å². The first kappa shape index (κ1) is 15.8. The molecule has 6 heteroatoms. The van der Waals surface area contributed by atoms with Gasteiger partial charge in [-0.05, 0) is 11.6 Å². The topological polar surface area (TPSA) is 76.6 Å².